The van der Waals surface area contributed by atoms with Crippen LogP contribution in [-0.4, -0.2) is 12.6 Å². The summed E-state index contributed by atoms with van der Waals surface area (Å²) < 4.78 is 0. The molecule has 0 bridgehead atoms. The Bertz CT molecular complexity index is 160. The van der Waals surface area contributed by atoms with Gasteiger partial charge in [-0.1, -0.05) is 26.8 Å². The van der Waals surface area contributed by atoms with Gasteiger partial charge in [0, 0.05) is 12.6 Å². The van der Waals surface area contributed by atoms with E-state index in [1.54, 1.807) is 0 Å². The smallest absolute Gasteiger partial charge is 0.0134 e. The SMILES string of the molecule is C=CCNC1CC(C)(C)CC1C. The molecule has 0 aliphatic heterocycles. The van der Waals surface area contributed by atoms with Crippen LogP contribution in [0, 0.1) is 11.3 Å². The predicted octanol–water partition coefficient (Wildman–Crippen LogP) is 2.59. The zero-order chi connectivity index (χ0) is 9.19. The highest BCUT2D eigenvalue weighted by atomic mass is 14.9. The van der Waals surface area contributed by atoms with Gasteiger partial charge in [0.25, 0.3) is 0 Å². The molecule has 0 radical (unpaired) electrons. The van der Waals surface area contributed by atoms with Crippen molar-refractivity contribution in [2.75, 3.05) is 6.54 Å². The third kappa shape index (κ3) is 2.34. The van der Waals surface area contributed by atoms with E-state index in [0.29, 0.717) is 11.5 Å². The second-order valence-electron chi connectivity index (χ2n) is 4.85. The van der Waals surface area contributed by atoms with E-state index in [0.717, 1.165) is 12.5 Å². The molecule has 0 saturated heterocycles. The van der Waals surface area contributed by atoms with Crippen molar-refractivity contribution in [3.63, 3.8) is 0 Å². The van der Waals surface area contributed by atoms with Gasteiger partial charge in [-0.05, 0) is 24.2 Å². The van der Waals surface area contributed by atoms with Crippen molar-refractivity contribution in [2.24, 2.45) is 11.3 Å². The standard InChI is InChI=1S/C11H21N/c1-5-6-12-10-8-11(3,4)7-9(10)2/h5,9-10,12H,1,6-8H2,2-4H3. The Kier molecular flexibility index (Phi) is 2.94. The Morgan fingerprint density at radius 2 is 2.17 bits per heavy atom. The molecule has 1 fully saturated rings. The van der Waals surface area contributed by atoms with Gasteiger partial charge in [-0.25, -0.2) is 0 Å². The zero-order valence-electron chi connectivity index (χ0n) is 8.56. The highest BCUT2D eigenvalue weighted by Gasteiger charge is 2.35. The molecule has 1 rings (SSSR count). The normalized spacial score (nSPS) is 33.6. The van der Waals surface area contributed by atoms with E-state index in [2.05, 4.69) is 32.7 Å². The molecule has 1 aliphatic carbocycles. The maximum Gasteiger partial charge on any atom is 0.0134 e. The Hall–Kier alpha value is -0.300. The molecule has 1 nitrogen and oxygen atoms in total. The minimum Gasteiger partial charge on any atom is -0.310 e. The summed E-state index contributed by atoms with van der Waals surface area (Å²) in [6, 6.07) is 0.706. The van der Waals surface area contributed by atoms with Gasteiger partial charge >= 0.3 is 0 Å². The highest BCUT2D eigenvalue weighted by molar-refractivity contribution is 4.92. The molecule has 0 aromatic heterocycles. The van der Waals surface area contributed by atoms with E-state index in [-0.39, 0.29) is 0 Å². The molecule has 0 aromatic rings. The van der Waals surface area contributed by atoms with Crippen LogP contribution in [0.3, 0.4) is 0 Å². The first-order valence-corrected chi connectivity index (χ1v) is 4.89. The summed E-state index contributed by atoms with van der Waals surface area (Å²) in [7, 11) is 0. The topological polar surface area (TPSA) is 12.0 Å². The van der Waals surface area contributed by atoms with Gasteiger partial charge in [0.05, 0.1) is 0 Å². The van der Waals surface area contributed by atoms with Crippen LogP contribution in [0.2, 0.25) is 0 Å². The summed E-state index contributed by atoms with van der Waals surface area (Å²) >= 11 is 0. The molecular formula is C11H21N. The van der Waals surface area contributed by atoms with Crippen LogP contribution in [0.4, 0.5) is 0 Å². The van der Waals surface area contributed by atoms with E-state index >= 15 is 0 Å². The van der Waals surface area contributed by atoms with Crippen molar-refractivity contribution in [3.8, 4) is 0 Å². The van der Waals surface area contributed by atoms with Crippen LogP contribution in [0.1, 0.15) is 33.6 Å². The summed E-state index contributed by atoms with van der Waals surface area (Å²) in [6.07, 6.45) is 4.60. The van der Waals surface area contributed by atoms with Crippen LogP contribution >= 0.6 is 0 Å². The minimum atomic E-state index is 0.540. The number of hydrogen-bond donors (Lipinski definition) is 1. The molecular weight excluding hydrogens is 146 g/mol. The first-order valence-electron chi connectivity index (χ1n) is 4.89. The molecule has 2 unspecified atom stereocenters. The Balaban J connectivity index is 2.41. The number of nitrogens with one attached hydrogen (secondary N) is 1. The van der Waals surface area contributed by atoms with Gasteiger partial charge in [0.1, 0.15) is 0 Å². The van der Waals surface area contributed by atoms with Gasteiger partial charge in [0.2, 0.25) is 0 Å². The number of hydrogen-bond acceptors (Lipinski definition) is 1. The van der Waals surface area contributed by atoms with Gasteiger partial charge < -0.3 is 5.32 Å². The molecule has 1 N–H and O–H groups in total. The summed E-state index contributed by atoms with van der Waals surface area (Å²) in [4.78, 5) is 0. The van der Waals surface area contributed by atoms with Crippen LogP contribution in [-0.2, 0) is 0 Å². The largest absolute Gasteiger partial charge is 0.310 e. The molecule has 0 amide bonds. The number of rotatable bonds is 3. The predicted molar refractivity (Wildman–Crippen MR) is 54.2 cm³/mol. The molecule has 70 valence electrons. The van der Waals surface area contributed by atoms with E-state index in [1.807, 2.05) is 6.08 Å². The molecule has 0 heterocycles. The molecule has 0 aromatic carbocycles. The van der Waals surface area contributed by atoms with Crippen LogP contribution in [0.5, 0.6) is 0 Å². The van der Waals surface area contributed by atoms with Gasteiger partial charge in [-0.3, -0.25) is 0 Å². The van der Waals surface area contributed by atoms with Crippen molar-refractivity contribution in [1.29, 1.82) is 0 Å². The van der Waals surface area contributed by atoms with Gasteiger partial charge in [-0.15, -0.1) is 6.58 Å². The van der Waals surface area contributed by atoms with E-state index in [1.165, 1.54) is 12.8 Å². The molecule has 12 heavy (non-hydrogen) atoms. The van der Waals surface area contributed by atoms with Gasteiger partial charge in [0.15, 0.2) is 0 Å². The lowest BCUT2D eigenvalue weighted by Crippen LogP contribution is -2.31. The summed E-state index contributed by atoms with van der Waals surface area (Å²) in [5, 5.41) is 3.52. The molecule has 0 spiro atoms. The third-order valence-corrected chi connectivity index (χ3v) is 2.86. The fraction of sp³-hybridized carbons (Fsp3) is 0.818. The van der Waals surface area contributed by atoms with E-state index in [9.17, 15) is 0 Å². The highest BCUT2D eigenvalue weighted by Crippen LogP contribution is 2.40. The quantitative estimate of drug-likeness (QED) is 0.637. The Morgan fingerprint density at radius 3 is 2.58 bits per heavy atom. The van der Waals surface area contributed by atoms with Crippen molar-refractivity contribution < 1.29 is 0 Å². The second-order valence-corrected chi connectivity index (χ2v) is 4.85. The van der Waals surface area contributed by atoms with E-state index in [4.69, 9.17) is 0 Å². The summed E-state index contributed by atoms with van der Waals surface area (Å²) in [5.74, 6) is 0.819. The van der Waals surface area contributed by atoms with Crippen LogP contribution in [0.15, 0.2) is 12.7 Å². The average Bonchev–Trinajstić information content (AvgIpc) is 2.20. The van der Waals surface area contributed by atoms with Crippen LogP contribution in [0.25, 0.3) is 0 Å². The van der Waals surface area contributed by atoms with Crippen molar-refractivity contribution in [3.05, 3.63) is 12.7 Å². The first kappa shape index (κ1) is 9.79. The second kappa shape index (κ2) is 3.61. The molecule has 1 saturated carbocycles. The fourth-order valence-corrected chi connectivity index (χ4v) is 2.40. The first-order chi connectivity index (χ1) is 5.55. The average molecular weight is 167 g/mol. The zero-order valence-corrected chi connectivity index (χ0v) is 8.56. The van der Waals surface area contributed by atoms with Gasteiger partial charge in [-0.2, -0.15) is 0 Å². The molecule has 2 atom stereocenters. The maximum absolute atomic E-state index is 3.72. The summed E-state index contributed by atoms with van der Waals surface area (Å²) in [5.41, 5.74) is 0.540. The summed E-state index contributed by atoms with van der Waals surface area (Å²) in [6.45, 7) is 11.7. The van der Waals surface area contributed by atoms with Crippen molar-refractivity contribution in [1.82, 2.24) is 5.32 Å². The lowest BCUT2D eigenvalue weighted by Gasteiger charge is -2.17. The molecule has 1 heteroatoms. The monoisotopic (exact) mass is 167 g/mol. The van der Waals surface area contributed by atoms with Crippen molar-refractivity contribution in [2.45, 2.75) is 39.7 Å². The molecule has 1 aliphatic rings. The van der Waals surface area contributed by atoms with Crippen molar-refractivity contribution >= 4 is 0 Å². The third-order valence-electron chi connectivity index (χ3n) is 2.86. The fourth-order valence-electron chi connectivity index (χ4n) is 2.40. The van der Waals surface area contributed by atoms with E-state index < -0.39 is 0 Å². The minimum absolute atomic E-state index is 0.540. The lowest BCUT2D eigenvalue weighted by atomic mass is 9.91. The maximum atomic E-state index is 3.72. The Labute approximate surface area is 76.2 Å². The van der Waals surface area contributed by atoms with Crippen LogP contribution < -0.4 is 5.32 Å². The lowest BCUT2D eigenvalue weighted by molar-refractivity contribution is 0.363. The Morgan fingerprint density at radius 1 is 1.50 bits per heavy atom.